The number of hydrogen-bond acceptors (Lipinski definition) is 5. The predicted molar refractivity (Wildman–Crippen MR) is 143 cm³/mol. The van der Waals surface area contributed by atoms with Gasteiger partial charge in [0.1, 0.15) is 0 Å². The van der Waals surface area contributed by atoms with Crippen molar-refractivity contribution in [2.45, 2.75) is 63.9 Å². The smallest absolute Gasteiger partial charge is 0.305 e. The van der Waals surface area contributed by atoms with Gasteiger partial charge in [0.2, 0.25) is 0 Å². The minimum absolute atomic E-state index is 0.0311. The van der Waals surface area contributed by atoms with Crippen LogP contribution in [0.1, 0.15) is 56.9 Å². The molecule has 4 nitrogen and oxygen atoms in total. The molecule has 0 aliphatic heterocycles. The number of aliphatic hydroxyl groups is 1. The molecule has 186 valence electrons. The molecule has 35 heavy (non-hydrogen) atoms. The van der Waals surface area contributed by atoms with Crippen molar-refractivity contribution >= 4 is 23.5 Å². The van der Waals surface area contributed by atoms with E-state index >= 15 is 0 Å². The summed E-state index contributed by atoms with van der Waals surface area (Å²) in [6.45, 7) is 0. The third-order valence-electron chi connectivity index (χ3n) is 6.52. The first-order valence-corrected chi connectivity index (χ1v) is 13.6. The summed E-state index contributed by atoms with van der Waals surface area (Å²) in [4.78, 5) is 25.1. The van der Waals surface area contributed by atoms with Crippen LogP contribution in [0.15, 0.2) is 65.1 Å². The van der Waals surface area contributed by atoms with Gasteiger partial charge < -0.3 is 9.84 Å². The molecule has 1 saturated carbocycles. The normalized spacial score (nSPS) is 20.2. The van der Waals surface area contributed by atoms with Crippen LogP contribution in [0, 0.1) is 23.7 Å². The number of thioether (sulfide) groups is 1. The molecule has 2 aliphatic rings. The Hall–Kier alpha value is -2.55. The molecule has 0 heterocycles. The molecule has 1 fully saturated rings. The van der Waals surface area contributed by atoms with Crippen LogP contribution in [0.25, 0.3) is 0 Å². The molecule has 0 aromatic heterocycles. The van der Waals surface area contributed by atoms with Gasteiger partial charge in [-0.05, 0) is 55.4 Å². The van der Waals surface area contributed by atoms with Crippen molar-refractivity contribution in [1.82, 2.24) is 0 Å². The van der Waals surface area contributed by atoms with Crippen LogP contribution < -0.4 is 0 Å². The topological polar surface area (TPSA) is 63.6 Å². The Morgan fingerprint density at radius 3 is 2.74 bits per heavy atom. The zero-order valence-electron chi connectivity index (χ0n) is 20.6. The van der Waals surface area contributed by atoms with Crippen molar-refractivity contribution in [2.75, 3.05) is 12.9 Å². The number of hydrogen-bond donors (Lipinski definition) is 1. The minimum Gasteiger partial charge on any atom is -0.469 e. The van der Waals surface area contributed by atoms with Crippen molar-refractivity contribution in [3.8, 4) is 11.8 Å². The fourth-order valence-corrected chi connectivity index (χ4v) is 5.47. The van der Waals surface area contributed by atoms with Crippen molar-refractivity contribution in [3.05, 3.63) is 70.7 Å². The maximum atomic E-state index is 13.1. The van der Waals surface area contributed by atoms with Gasteiger partial charge in [0.05, 0.1) is 18.1 Å². The monoisotopic (exact) mass is 492 g/mol. The van der Waals surface area contributed by atoms with Gasteiger partial charge in [-0.3, -0.25) is 9.59 Å². The van der Waals surface area contributed by atoms with Gasteiger partial charge in [0.25, 0.3) is 0 Å². The number of aryl methyl sites for hydroxylation is 1. The number of esters is 1. The summed E-state index contributed by atoms with van der Waals surface area (Å²) in [6.07, 6.45) is 15.1. The van der Waals surface area contributed by atoms with Crippen LogP contribution in [0.3, 0.4) is 0 Å². The molecule has 2 aliphatic carbocycles. The Bertz CT molecular complexity index is 990. The van der Waals surface area contributed by atoms with Gasteiger partial charge in [-0.1, -0.05) is 73.2 Å². The lowest BCUT2D eigenvalue weighted by Crippen LogP contribution is -2.14. The van der Waals surface area contributed by atoms with Crippen LogP contribution in [-0.4, -0.2) is 35.8 Å². The largest absolute Gasteiger partial charge is 0.469 e. The van der Waals surface area contributed by atoms with Gasteiger partial charge in [-0.2, -0.15) is 0 Å². The first kappa shape index (κ1) is 27.0. The van der Waals surface area contributed by atoms with E-state index in [0.29, 0.717) is 30.8 Å². The zero-order valence-corrected chi connectivity index (χ0v) is 21.4. The number of benzene rings is 1. The molecule has 0 spiro atoms. The van der Waals surface area contributed by atoms with Crippen LogP contribution in [0.4, 0.5) is 0 Å². The zero-order chi connectivity index (χ0) is 24.9. The van der Waals surface area contributed by atoms with E-state index in [-0.39, 0.29) is 17.7 Å². The average molecular weight is 493 g/mol. The van der Waals surface area contributed by atoms with E-state index in [9.17, 15) is 14.7 Å². The van der Waals surface area contributed by atoms with E-state index in [0.717, 1.165) is 36.3 Å². The summed E-state index contributed by atoms with van der Waals surface area (Å²) in [7, 11) is 1.38. The molecule has 2 unspecified atom stereocenters. The second kappa shape index (κ2) is 14.8. The van der Waals surface area contributed by atoms with Crippen molar-refractivity contribution in [1.29, 1.82) is 0 Å². The Kier molecular flexibility index (Phi) is 11.4. The Labute approximate surface area is 213 Å². The lowest BCUT2D eigenvalue weighted by Gasteiger charge is -2.14. The van der Waals surface area contributed by atoms with E-state index < -0.39 is 6.10 Å². The Morgan fingerprint density at radius 2 is 2.00 bits per heavy atom. The lowest BCUT2D eigenvalue weighted by molar-refractivity contribution is -0.140. The van der Waals surface area contributed by atoms with Crippen LogP contribution in [0.2, 0.25) is 0 Å². The Morgan fingerprint density at radius 1 is 1.23 bits per heavy atom. The van der Waals surface area contributed by atoms with Crippen LogP contribution in [0.5, 0.6) is 0 Å². The number of rotatable bonds is 11. The highest BCUT2D eigenvalue weighted by Crippen LogP contribution is 2.35. The molecular weight excluding hydrogens is 456 g/mol. The van der Waals surface area contributed by atoms with Crippen molar-refractivity contribution in [2.24, 2.45) is 11.8 Å². The number of carbonyl (C=O) groups excluding carboxylic acids is 2. The fourth-order valence-electron chi connectivity index (χ4n) is 4.47. The molecule has 5 heteroatoms. The number of aliphatic hydroxyl groups excluding tert-OH is 1. The van der Waals surface area contributed by atoms with E-state index in [2.05, 4.69) is 40.8 Å². The van der Waals surface area contributed by atoms with Crippen molar-refractivity contribution < 1.29 is 19.4 Å². The second-order valence-electron chi connectivity index (χ2n) is 9.09. The van der Waals surface area contributed by atoms with Crippen LogP contribution >= 0.6 is 11.8 Å². The molecular formula is C30H36O4S. The quantitative estimate of drug-likeness (QED) is 0.139. The van der Waals surface area contributed by atoms with Gasteiger partial charge in [-0.15, -0.1) is 11.8 Å². The van der Waals surface area contributed by atoms with E-state index in [4.69, 9.17) is 0 Å². The molecule has 0 amide bonds. The van der Waals surface area contributed by atoms with Crippen LogP contribution in [-0.2, 0) is 20.7 Å². The number of allylic oxidation sites excluding steroid dienone is 5. The Balaban J connectivity index is 1.61. The molecule has 0 bridgehead atoms. The molecule has 1 N–H and O–H groups in total. The van der Waals surface area contributed by atoms with E-state index in [1.54, 1.807) is 17.8 Å². The molecule has 3 rings (SSSR count). The fraction of sp³-hybridized carbons (Fsp3) is 0.467. The number of ketones is 1. The first-order valence-electron chi connectivity index (χ1n) is 12.6. The third kappa shape index (κ3) is 8.87. The number of unbranched alkanes of at least 4 members (excludes halogenated alkanes) is 1. The van der Waals surface area contributed by atoms with E-state index in [1.165, 1.54) is 25.5 Å². The molecule has 0 saturated heterocycles. The first-order chi connectivity index (χ1) is 17.1. The summed E-state index contributed by atoms with van der Waals surface area (Å²) in [5.41, 5.74) is 1.97. The van der Waals surface area contributed by atoms with Gasteiger partial charge in [0, 0.05) is 24.3 Å². The maximum Gasteiger partial charge on any atom is 0.305 e. The lowest BCUT2D eigenvalue weighted by atomic mass is 9.96. The predicted octanol–water partition coefficient (Wildman–Crippen LogP) is 5.82. The average Bonchev–Trinajstić information content (AvgIpc) is 3.52. The van der Waals surface area contributed by atoms with E-state index in [1.807, 2.05) is 24.3 Å². The number of Topliss-reactive ketones (excluding diaryl/α,β-unsaturated/α-hetero) is 1. The number of carbonyl (C=O) groups is 2. The van der Waals surface area contributed by atoms with Gasteiger partial charge in [0.15, 0.2) is 5.78 Å². The summed E-state index contributed by atoms with van der Waals surface area (Å²) in [5, 5.41) is 10.6. The van der Waals surface area contributed by atoms with Crippen molar-refractivity contribution in [3.63, 3.8) is 0 Å². The molecule has 0 radical (unpaired) electrons. The number of methoxy groups -OCH3 is 1. The molecule has 1 aromatic rings. The van der Waals surface area contributed by atoms with Gasteiger partial charge in [-0.25, -0.2) is 0 Å². The standard InChI is InChI=1S/C30H36O4S/c1-34-29(32)18-8-3-2-7-17-26-25(19-20-27(31)24-15-9-10-16-24)22-28(30(26)33)35-21-11-14-23-12-5-4-6-13-23/h4-6,12-13,17,19-20,22,24-25,27,31H,3,8-11,14-16,18,21H2,1H3. The highest BCUT2D eigenvalue weighted by atomic mass is 32.2. The summed E-state index contributed by atoms with van der Waals surface area (Å²) in [6, 6.07) is 10.4. The van der Waals surface area contributed by atoms with Gasteiger partial charge >= 0.3 is 5.97 Å². The summed E-state index contributed by atoms with van der Waals surface area (Å²) >= 11 is 1.61. The maximum absolute atomic E-state index is 13.1. The summed E-state index contributed by atoms with van der Waals surface area (Å²) < 4.78 is 4.65. The SMILES string of the molecule is COC(=O)CCCC#CC=C1C(=O)C(SCCCc2ccccc2)=CC1C=CC(O)C1CCCC1. The number of ether oxygens (including phenoxy) is 1. The highest BCUT2D eigenvalue weighted by molar-refractivity contribution is 8.04. The molecule has 2 atom stereocenters. The summed E-state index contributed by atoms with van der Waals surface area (Å²) in [5.74, 6) is 6.87. The molecule has 1 aromatic carbocycles. The third-order valence-corrected chi connectivity index (χ3v) is 7.65. The second-order valence-corrected chi connectivity index (χ2v) is 10.2. The minimum atomic E-state index is -0.464. The highest BCUT2D eigenvalue weighted by Gasteiger charge is 2.29.